The largest absolute Gasteiger partial charge is 0.349 e. The Morgan fingerprint density at radius 2 is 2.00 bits per heavy atom. The summed E-state index contributed by atoms with van der Waals surface area (Å²) in [4.78, 5) is 31.7. The van der Waals surface area contributed by atoms with E-state index in [9.17, 15) is 18.4 Å². The van der Waals surface area contributed by atoms with Crippen LogP contribution < -0.4 is 10.2 Å². The minimum atomic E-state index is -0.689. The van der Waals surface area contributed by atoms with E-state index in [1.807, 2.05) is 26.8 Å². The zero-order valence-corrected chi connectivity index (χ0v) is 20.8. The van der Waals surface area contributed by atoms with Gasteiger partial charge in [0.1, 0.15) is 24.0 Å². The Labute approximate surface area is 206 Å². The fourth-order valence-corrected chi connectivity index (χ4v) is 5.31. The summed E-state index contributed by atoms with van der Waals surface area (Å²) in [5.41, 5.74) is 1.87. The number of aryl methyl sites for hydroxylation is 1. The summed E-state index contributed by atoms with van der Waals surface area (Å²) in [7, 11) is 1.70. The first kappa shape index (κ1) is 24.8. The van der Waals surface area contributed by atoms with Gasteiger partial charge in [-0.15, -0.1) is 11.8 Å². The van der Waals surface area contributed by atoms with Crippen molar-refractivity contribution in [1.29, 1.82) is 0 Å². The maximum absolute atomic E-state index is 14.9. The number of fused-ring (bicyclic) bond motifs is 1. The molecule has 0 saturated heterocycles. The summed E-state index contributed by atoms with van der Waals surface area (Å²) in [5, 5.41) is 6.89. The molecule has 4 rings (SSSR count). The number of rotatable bonds is 5. The molecule has 1 aliphatic heterocycles. The van der Waals surface area contributed by atoms with Gasteiger partial charge in [0.15, 0.2) is 0 Å². The first-order chi connectivity index (χ1) is 16.6. The first-order valence-electron chi connectivity index (χ1n) is 11.2. The average molecular weight is 500 g/mol. The number of anilines is 1. The Bertz CT molecular complexity index is 1260. The van der Waals surface area contributed by atoms with Gasteiger partial charge < -0.3 is 5.32 Å². The minimum Gasteiger partial charge on any atom is -0.349 e. The standard InChI is InChI=1S/C25H27F2N5O2S/c1-25(2,3)23-21-22(17-9-8-15(26)11-18(17)27)35-14-20(34)32(24(21)31(4)30-23)13-19(33)29-12-16-7-5-6-10-28-16/h5-11,22H,12-14H2,1-4H3,(H,29,33). The Morgan fingerprint density at radius 1 is 1.23 bits per heavy atom. The Hall–Kier alpha value is -3.27. The molecule has 1 atom stereocenters. The van der Waals surface area contributed by atoms with E-state index in [1.165, 1.54) is 28.8 Å². The average Bonchev–Trinajstić information content (AvgIpc) is 3.08. The van der Waals surface area contributed by atoms with Crippen molar-refractivity contribution in [3.05, 3.63) is 76.7 Å². The number of nitrogens with zero attached hydrogens (tertiary/aromatic N) is 4. The number of pyridine rings is 1. The Kier molecular flexibility index (Phi) is 6.93. The highest BCUT2D eigenvalue weighted by Crippen LogP contribution is 2.48. The third kappa shape index (κ3) is 5.22. The molecule has 1 N–H and O–H groups in total. The van der Waals surface area contributed by atoms with E-state index in [4.69, 9.17) is 0 Å². The molecule has 3 aromatic rings. The summed E-state index contributed by atoms with van der Waals surface area (Å²) in [6.45, 7) is 5.95. The second-order valence-corrected chi connectivity index (χ2v) is 10.5. The van der Waals surface area contributed by atoms with Crippen molar-refractivity contribution in [2.24, 2.45) is 7.05 Å². The molecule has 0 radical (unpaired) electrons. The van der Waals surface area contributed by atoms with Crippen LogP contribution in [0, 0.1) is 11.6 Å². The van der Waals surface area contributed by atoms with Crippen molar-refractivity contribution in [1.82, 2.24) is 20.1 Å². The SMILES string of the molecule is Cn1nc(C(C)(C)C)c2c1N(CC(=O)NCc1ccccn1)C(=O)CSC2c1ccc(F)cc1F. The van der Waals surface area contributed by atoms with E-state index < -0.39 is 22.3 Å². The number of nitrogens with one attached hydrogen (secondary N) is 1. The lowest BCUT2D eigenvalue weighted by molar-refractivity contribution is -0.123. The molecule has 0 bridgehead atoms. The summed E-state index contributed by atoms with van der Waals surface area (Å²) < 4.78 is 30.1. The minimum absolute atomic E-state index is 0.0211. The summed E-state index contributed by atoms with van der Waals surface area (Å²) >= 11 is 1.24. The quantitative estimate of drug-likeness (QED) is 0.577. The lowest BCUT2D eigenvalue weighted by Crippen LogP contribution is -2.42. The second-order valence-electron chi connectivity index (χ2n) is 9.39. The molecule has 7 nitrogen and oxygen atoms in total. The van der Waals surface area contributed by atoms with Crippen molar-refractivity contribution >= 4 is 29.4 Å². The molecule has 1 aliphatic rings. The molecule has 0 fully saturated rings. The van der Waals surface area contributed by atoms with E-state index in [2.05, 4.69) is 15.4 Å². The fraction of sp³-hybridized carbons (Fsp3) is 0.360. The zero-order valence-electron chi connectivity index (χ0n) is 20.0. The molecule has 3 heterocycles. The number of thioether (sulfide) groups is 1. The van der Waals surface area contributed by atoms with Crippen molar-refractivity contribution in [3.8, 4) is 0 Å². The number of hydrogen-bond acceptors (Lipinski definition) is 5. The lowest BCUT2D eigenvalue weighted by atomic mass is 9.87. The summed E-state index contributed by atoms with van der Waals surface area (Å²) in [5.74, 6) is -1.55. The number of benzene rings is 1. The predicted octanol–water partition coefficient (Wildman–Crippen LogP) is 3.88. The third-order valence-corrected chi connectivity index (χ3v) is 6.93. The van der Waals surface area contributed by atoms with Gasteiger partial charge in [0.2, 0.25) is 11.8 Å². The summed E-state index contributed by atoms with van der Waals surface area (Å²) in [6, 6.07) is 8.88. The van der Waals surface area contributed by atoms with Gasteiger partial charge in [-0.05, 0) is 18.2 Å². The van der Waals surface area contributed by atoms with Crippen LogP contribution in [0.4, 0.5) is 14.6 Å². The number of hydrogen-bond donors (Lipinski definition) is 1. The molecule has 0 saturated carbocycles. The smallest absolute Gasteiger partial charge is 0.240 e. The number of amides is 2. The van der Waals surface area contributed by atoms with Crippen LogP contribution in [0.1, 0.15) is 48.5 Å². The van der Waals surface area contributed by atoms with E-state index >= 15 is 0 Å². The van der Waals surface area contributed by atoms with Gasteiger partial charge in [0, 0.05) is 35.9 Å². The maximum atomic E-state index is 14.9. The van der Waals surface area contributed by atoms with Crippen molar-refractivity contribution in [2.75, 3.05) is 17.2 Å². The molecule has 10 heteroatoms. The molecule has 2 aromatic heterocycles. The molecular formula is C25H27F2N5O2S. The van der Waals surface area contributed by atoms with Gasteiger partial charge in [-0.1, -0.05) is 32.9 Å². The Morgan fingerprint density at radius 3 is 2.66 bits per heavy atom. The van der Waals surface area contributed by atoms with Crippen LogP contribution in [0.2, 0.25) is 0 Å². The van der Waals surface area contributed by atoms with Gasteiger partial charge in [0.05, 0.1) is 28.9 Å². The van der Waals surface area contributed by atoms with Crippen LogP contribution in [0.15, 0.2) is 42.6 Å². The summed E-state index contributed by atoms with van der Waals surface area (Å²) in [6.07, 6.45) is 1.64. The second kappa shape index (κ2) is 9.77. The van der Waals surface area contributed by atoms with Crippen molar-refractivity contribution in [2.45, 2.75) is 38.0 Å². The highest BCUT2D eigenvalue weighted by Gasteiger charge is 2.39. The normalized spacial score (nSPS) is 16.1. The van der Waals surface area contributed by atoms with E-state index in [-0.39, 0.29) is 36.2 Å². The van der Waals surface area contributed by atoms with Gasteiger partial charge in [-0.2, -0.15) is 5.10 Å². The number of halogens is 2. The van der Waals surface area contributed by atoms with E-state index in [0.717, 1.165) is 6.07 Å². The number of aromatic nitrogens is 3. The fourth-order valence-electron chi connectivity index (χ4n) is 4.09. The van der Waals surface area contributed by atoms with Crippen LogP contribution in [-0.2, 0) is 28.6 Å². The molecule has 2 amide bonds. The number of carbonyl (C=O) groups is 2. The highest BCUT2D eigenvalue weighted by atomic mass is 32.2. The van der Waals surface area contributed by atoms with Gasteiger partial charge >= 0.3 is 0 Å². The molecule has 1 aromatic carbocycles. The zero-order chi connectivity index (χ0) is 25.3. The Balaban J connectivity index is 1.74. The topological polar surface area (TPSA) is 80.1 Å². The molecule has 184 valence electrons. The maximum Gasteiger partial charge on any atom is 0.240 e. The van der Waals surface area contributed by atoms with Gasteiger partial charge in [-0.3, -0.25) is 24.2 Å². The molecule has 0 aliphatic carbocycles. The van der Waals surface area contributed by atoms with Crippen LogP contribution in [-0.4, -0.2) is 38.9 Å². The van der Waals surface area contributed by atoms with Crippen LogP contribution in [0.25, 0.3) is 0 Å². The van der Waals surface area contributed by atoms with Crippen LogP contribution >= 0.6 is 11.8 Å². The van der Waals surface area contributed by atoms with Gasteiger partial charge in [0.25, 0.3) is 0 Å². The molecule has 0 spiro atoms. The third-order valence-electron chi connectivity index (χ3n) is 5.69. The van der Waals surface area contributed by atoms with E-state index in [0.29, 0.717) is 22.8 Å². The number of carbonyl (C=O) groups excluding carboxylic acids is 2. The van der Waals surface area contributed by atoms with Crippen LogP contribution in [0.5, 0.6) is 0 Å². The molecule has 35 heavy (non-hydrogen) atoms. The lowest BCUT2D eigenvalue weighted by Gasteiger charge is -2.24. The van der Waals surface area contributed by atoms with Crippen molar-refractivity contribution in [3.63, 3.8) is 0 Å². The monoisotopic (exact) mass is 499 g/mol. The highest BCUT2D eigenvalue weighted by molar-refractivity contribution is 8.00. The molecule has 1 unspecified atom stereocenters. The molecular weight excluding hydrogens is 472 g/mol. The first-order valence-corrected chi connectivity index (χ1v) is 12.2. The van der Waals surface area contributed by atoms with Crippen LogP contribution in [0.3, 0.4) is 0 Å². The van der Waals surface area contributed by atoms with E-state index in [1.54, 1.807) is 30.1 Å². The van der Waals surface area contributed by atoms with Gasteiger partial charge in [-0.25, -0.2) is 8.78 Å². The predicted molar refractivity (Wildman–Crippen MR) is 131 cm³/mol. The van der Waals surface area contributed by atoms with Crippen molar-refractivity contribution < 1.29 is 18.4 Å².